The Labute approximate surface area is 460 Å². The fourth-order valence-electron chi connectivity index (χ4n) is 12.7. The highest BCUT2D eigenvalue weighted by Gasteiger charge is 2.36. The number of aromatic hydroxyl groups is 8. The molecule has 4 aromatic carbocycles. The van der Waals surface area contributed by atoms with Crippen molar-refractivity contribution in [2.75, 3.05) is 0 Å². The Morgan fingerprint density at radius 2 is 0.355 bits per heavy atom. The standard InChI is InChI=1S/C68H104O8/c1-9-13-17-21-25-29-33-37-49-53-41-55(63(71)45(5)61(53)69)50(38-34-30-26-22-18-14-10-2)57-43-59(67(75)47(7)65(57)73)52(40-36-32-28-24-20-16-12-4)60-44-58(66(74)48(8)68(60)76)51(39-35-31-27-23-19-15-11-3)56-42-54(49)62(70)46(6)64(56)72/h41-44,49-52,69-76H,9-40H2,1-8H3. The topological polar surface area (TPSA) is 162 Å². The van der Waals surface area contributed by atoms with E-state index in [9.17, 15) is 40.9 Å². The highest BCUT2D eigenvalue weighted by atomic mass is 16.3. The van der Waals surface area contributed by atoms with Gasteiger partial charge < -0.3 is 40.9 Å². The Morgan fingerprint density at radius 3 is 0.500 bits per heavy atom. The number of hydrogen-bond acceptors (Lipinski definition) is 8. The number of phenols is 8. The molecule has 8 nitrogen and oxygen atoms in total. The summed E-state index contributed by atoms with van der Waals surface area (Å²) >= 11 is 0. The number of hydrogen-bond donors (Lipinski definition) is 8. The lowest BCUT2D eigenvalue weighted by Crippen LogP contribution is -2.13. The molecule has 1 aliphatic rings. The molecule has 424 valence electrons. The van der Waals surface area contributed by atoms with Crippen molar-refractivity contribution in [3.8, 4) is 46.0 Å². The second-order valence-electron chi connectivity index (χ2n) is 23.4. The number of fused-ring (bicyclic) bond motifs is 8. The van der Waals surface area contributed by atoms with Crippen LogP contribution in [-0.2, 0) is 0 Å². The van der Waals surface area contributed by atoms with Crippen molar-refractivity contribution < 1.29 is 40.9 Å². The normalized spacial score (nSPS) is 16.4. The molecule has 0 amide bonds. The molecule has 0 fully saturated rings. The summed E-state index contributed by atoms with van der Waals surface area (Å²) in [6.07, 6.45) is 32.4. The Bertz CT molecular complexity index is 1970. The third-order valence-corrected chi connectivity index (χ3v) is 17.7. The molecule has 8 bridgehead atoms. The third kappa shape index (κ3) is 15.7. The summed E-state index contributed by atoms with van der Waals surface area (Å²) in [5.41, 5.74) is 5.85. The van der Waals surface area contributed by atoms with E-state index in [1.165, 1.54) is 51.4 Å². The van der Waals surface area contributed by atoms with Crippen LogP contribution in [0.5, 0.6) is 46.0 Å². The minimum absolute atomic E-state index is 0.0470. The molecule has 0 unspecified atom stereocenters. The van der Waals surface area contributed by atoms with Gasteiger partial charge in [-0.05, 0) is 77.6 Å². The van der Waals surface area contributed by atoms with Gasteiger partial charge in [-0.3, -0.25) is 0 Å². The first-order chi connectivity index (χ1) is 36.7. The summed E-state index contributed by atoms with van der Waals surface area (Å²) in [5, 5.41) is 99.5. The molecule has 5 rings (SSSR count). The maximum absolute atomic E-state index is 12.4. The zero-order chi connectivity index (χ0) is 55.3. The zero-order valence-electron chi connectivity index (χ0n) is 48.8. The van der Waals surface area contributed by atoms with E-state index in [0.29, 0.717) is 92.4 Å². The average Bonchev–Trinajstić information content (AvgIpc) is 3.41. The van der Waals surface area contributed by atoms with Gasteiger partial charge in [0.25, 0.3) is 0 Å². The maximum Gasteiger partial charge on any atom is 0.126 e. The minimum atomic E-state index is -0.555. The lowest BCUT2D eigenvalue weighted by molar-refractivity contribution is 0.411. The predicted octanol–water partition coefficient (Wildman–Crippen LogP) is 20.0. The molecule has 0 spiro atoms. The smallest absolute Gasteiger partial charge is 0.126 e. The number of rotatable bonds is 32. The molecule has 8 heteroatoms. The largest absolute Gasteiger partial charge is 0.507 e. The van der Waals surface area contributed by atoms with Crippen molar-refractivity contribution >= 4 is 0 Å². The van der Waals surface area contributed by atoms with Gasteiger partial charge in [0.1, 0.15) is 46.0 Å². The molecule has 4 aromatic rings. The van der Waals surface area contributed by atoms with Gasteiger partial charge in [-0.15, -0.1) is 0 Å². The lowest BCUT2D eigenvalue weighted by atomic mass is 9.74. The SMILES string of the molecule is CCCCCCCCCC1c2cc(c(O)c(C)c2O)C(CCCCCCCCC)c2cc(c(O)c(C)c2O)C(CCCCCCCCC)c2cc(c(O)c(C)c2O)C(CCCCCCCCC)c2cc1c(O)c(C)c2O. The Morgan fingerprint density at radius 1 is 0.224 bits per heavy atom. The molecule has 8 N–H and O–H groups in total. The van der Waals surface area contributed by atoms with E-state index < -0.39 is 23.7 Å². The van der Waals surface area contributed by atoms with Crippen molar-refractivity contribution in [2.24, 2.45) is 0 Å². The second-order valence-corrected chi connectivity index (χ2v) is 23.4. The predicted molar refractivity (Wildman–Crippen MR) is 316 cm³/mol. The summed E-state index contributed by atoms with van der Waals surface area (Å²) in [6.45, 7) is 15.8. The Kier molecular flexibility index (Phi) is 25.9. The first-order valence-corrected chi connectivity index (χ1v) is 30.9. The van der Waals surface area contributed by atoms with E-state index in [-0.39, 0.29) is 46.0 Å². The van der Waals surface area contributed by atoms with Crippen LogP contribution in [0.4, 0.5) is 0 Å². The number of phenolic OH excluding ortho intramolecular Hbond substituents is 8. The Balaban J connectivity index is 1.87. The number of benzene rings is 4. The lowest BCUT2D eigenvalue weighted by Gasteiger charge is -2.31. The highest BCUT2D eigenvalue weighted by molar-refractivity contribution is 5.67. The molecule has 1 aliphatic carbocycles. The first kappa shape index (κ1) is 62.1. The maximum atomic E-state index is 12.4. The van der Waals surface area contributed by atoms with E-state index in [2.05, 4.69) is 27.7 Å². The van der Waals surface area contributed by atoms with Crippen molar-refractivity contribution in [1.82, 2.24) is 0 Å². The molecule has 0 saturated heterocycles. The Hall–Kier alpha value is -4.72. The number of unbranched alkanes of at least 4 members (excludes halogenated alkanes) is 24. The summed E-state index contributed by atoms with van der Waals surface area (Å²) in [7, 11) is 0. The van der Waals surface area contributed by atoms with E-state index >= 15 is 0 Å². The molecule has 0 radical (unpaired) electrons. The van der Waals surface area contributed by atoms with Crippen LogP contribution in [0.15, 0.2) is 24.3 Å². The van der Waals surface area contributed by atoms with Crippen LogP contribution in [0.1, 0.15) is 324 Å². The van der Waals surface area contributed by atoms with Gasteiger partial charge in [0.15, 0.2) is 0 Å². The fourth-order valence-corrected chi connectivity index (χ4v) is 12.7. The van der Waals surface area contributed by atoms with Crippen LogP contribution < -0.4 is 0 Å². The summed E-state index contributed by atoms with van der Waals surface area (Å²) in [6, 6.07) is 7.66. The van der Waals surface area contributed by atoms with Gasteiger partial charge in [0.05, 0.1) is 0 Å². The van der Waals surface area contributed by atoms with Crippen molar-refractivity contribution in [3.63, 3.8) is 0 Å². The van der Waals surface area contributed by atoms with Crippen LogP contribution in [0.2, 0.25) is 0 Å². The summed E-state index contributed by atoms with van der Waals surface area (Å²) in [4.78, 5) is 0. The van der Waals surface area contributed by atoms with Crippen molar-refractivity contribution in [3.05, 3.63) is 91.0 Å². The monoisotopic (exact) mass is 1050 g/mol. The molecular weight excluding hydrogens is 945 g/mol. The van der Waals surface area contributed by atoms with Gasteiger partial charge in [0, 0.05) is 90.4 Å². The molecular formula is C68H104O8. The molecule has 0 heterocycles. The summed E-state index contributed by atoms with van der Waals surface area (Å²) < 4.78 is 0. The molecule has 76 heavy (non-hydrogen) atoms. The van der Waals surface area contributed by atoms with Gasteiger partial charge in [-0.2, -0.15) is 0 Å². The fraction of sp³-hybridized carbons (Fsp3) is 0.647. The van der Waals surface area contributed by atoms with E-state index in [1.807, 2.05) is 24.3 Å². The first-order valence-electron chi connectivity index (χ1n) is 30.9. The van der Waals surface area contributed by atoms with Crippen LogP contribution in [-0.4, -0.2) is 40.9 Å². The molecule has 0 atom stereocenters. The van der Waals surface area contributed by atoms with Crippen molar-refractivity contribution in [1.29, 1.82) is 0 Å². The van der Waals surface area contributed by atoms with E-state index in [4.69, 9.17) is 0 Å². The average molecular weight is 1050 g/mol. The molecule has 0 aromatic heterocycles. The van der Waals surface area contributed by atoms with Crippen LogP contribution >= 0.6 is 0 Å². The van der Waals surface area contributed by atoms with E-state index in [0.717, 1.165) is 128 Å². The highest BCUT2D eigenvalue weighted by Crippen LogP contribution is 2.55. The van der Waals surface area contributed by atoms with Crippen LogP contribution in [0, 0.1) is 27.7 Å². The molecule has 0 aliphatic heterocycles. The van der Waals surface area contributed by atoms with Crippen LogP contribution in [0.25, 0.3) is 0 Å². The summed E-state index contributed by atoms with van der Waals surface area (Å²) in [5.74, 6) is -2.59. The quantitative estimate of drug-likeness (QED) is 0.0224. The third-order valence-electron chi connectivity index (χ3n) is 17.7. The zero-order valence-corrected chi connectivity index (χ0v) is 48.8. The van der Waals surface area contributed by atoms with E-state index in [1.54, 1.807) is 27.7 Å². The second kappa shape index (κ2) is 31.6. The van der Waals surface area contributed by atoms with Gasteiger partial charge in [-0.1, -0.05) is 207 Å². The van der Waals surface area contributed by atoms with Crippen LogP contribution in [0.3, 0.4) is 0 Å². The molecule has 0 saturated carbocycles. The van der Waals surface area contributed by atoms with Gasteiger partial charge in [-0.25, -0.2) is 0 Å². The van der Waals surface area contributed by atoms with Gasteiger partial charge >= 0.3 is 0 Å². The van der Waals surface area contributed by atoms with Gasteiger partial charge in [0.2, 0.25) is 0 Å². The minimum Gasteiger partial charge on any atom is -0.507 e. The van der Waals surface area contributed by atoms with Crippen molar-refractivity contribution in [2.45, 2.75) is 285 Å².